The van der Waals surface area contributed by atoms with E-state index in [9.17, 15) is 4.79 Å². The molecule has 1 amide bonds. The van der Waals surface area contributed by atoms with Gasteiger partial charge in [-0.15, -0.1) is 0 Å². The Labute approximate surface area is 140 Å². The van der Waals surface area contributed by atoms with Crippen LogP contribution in [-0.4, -0.2) is 15.9 Å². The highest BCUT2D eigenvalue weighted by Crippen LogP contribution is 2.20. The number of aromatic nitrogens is 2. The number of nitrogens with zero attached hydrogens (tertiary/aromatic N) is 2. The highest BCUT2D eigenvalue weighted by atomic mass is 16.5. The smallest absolute Gasteiger partial charge is 0.237 e. The summed E-state index contributed by atoms with van der Waals surface area (Å²) in [6.07, 6.45) is 5.86. The zero-order valence-corrected chi connectivity index (χ0v) is 13.1. The molecule has 0 aliphatic rings. The molecule has 1 heterocycles. The van der Waals surface area contributed by atoms with Gasteiger partial charge in [0.25, 0.3) is 0 Å². The molecule has 0 atom stereocenters. The van der Waals surface area contributed by atoms with Gasteiger partial charge < -0.3 is 10.1 Å². The second-order valence-corrected chi connectivity index (χ2v) is 5.20. The summed E-state index contributed by atoms with van der Waals surface area (Å²) in [7, 11) is 0. The molecule has 0 aliphatic heterocycles. The lowest BCUT2D eigenvalue weighted by atomic mass is 10.1. The minimum absolute atomic E-state index is 0.0125. The van der Waals surface area contributed by atoms with E-state index in [1.54, 1.807) is 42.9 Å². The lowest BCUT2D eigenvalue weighted by Gasteiger charge is -2.07. The molecule has 0 aliphatic carbocycles. The molecule has 1 N–H and O–H groups in total. The second-order valence-electron chi connectivity index (χ2n) is 5.20. The Hall–Kier alpha value is -3.21. The molecule has 0 saturated heterocycles. The van der Waals surface area contributed by atoms with Gasteiger partial charge in [-0.3, -0.25) is 9.78 Å². The van der Waals surface area contributed by atoms with Gasteiger partial charge in [-0.1, -0.05) is 30.3 Å². The van der Waals surface area contributed by atoms with E-state index in [1.807, 2.05) is 30.3 Å². The first-order valence-corrected chi connectivity index (χ1v) is 7.67. The SMILES string of the molecule is O=C(CCc1ccccc1)Nc1ccc(Oc2cnccn2)cc1. The van der Waals surface area contributed by atoms with E-state index in [2.05, 4.69) is 15.3 Å². The van der Waals surface area contributed by atoms with Gasteiger partial charge in [0.2, 0.25) is 11.8 Å². The van der Waals surface area contributed by atoms with Crippen molar-refractivity contribution < 1.29 is 9.53 Å². The van der Waals surface area contributed by atoms with E-state index in [1.165, 1.54) is 0 Å². The average molecular weight is 319 g/mol. The third kappa shape index (κ3) is 4.64. The number of hydrogen-bond donors (Lipinski definition) is 1. The Morgan fingerprint density at radius 3 is 2.50 bits per heavy atom. The molecule has 0 saturated carbocycles. The highest BCUT2D eigenvalue weighted by Gasteiger charge is 2.04. The Bertz CT molecular complexity index is 775. The first-order valence-electron chi connectivity index (χ1n) is 7.67. The summed E-state index contributed by atoms with van der Waals surface area (Å²) < 4.78 is 5.56. The van der Waals surface area contributed by atoms with Crippen LogP contribution in [0.2, 0.25) is 0 Å². The van der Waals surface area contributed by atoms with E-state index in [0.29, 0.717) is 18.1 Å². The maximum atomic E-state index is 12.0. The molecule has 24 heavy (non-hydrogen) atoms. The van der Waals surface area contributed by atoms with Gasteiger partial charge in [0.05, 0.1) is 6.20 Å². The van der Waals surface area contributed by atoms with Crippen LogP contribution in [0.3, 0.4) is 0 Å². The van der Waals surface area contributed by atoms with Gasteiger partial charge in [-0.2, -0.15) is 0 Å². The van der Waals surface area contributed by atoms with Crippen LogP contribution in [0.1, 0.15) is 12.0 Å². The van der Waals surface area contributed by atoms with Crippen LogP contribution in [0.4, 0.5) is 5.69 Å². The molecule has 5 heteroatoms. The Morgan fingerprint density at radius 2 is 1.79 bits per heavy atom. The lowest BCUT2D eigenvalue weighted by molar-refractivity contribution is -0.116. The van der Waals surface area contributed by atoms with Gasteiger partial charge in [0, 0.05) is 24.5 Å². The summed E-state index contributed by atoms with van der Waals surface area (Å²) in [5.74, 6) is 1.05. The van der Waals surface area contributed by atoms with Crippen molar-refractivity contribution in [2.45, 2.75) is 12.8 Å². The van der Waals surface area contributed by atoms with Crippen LogP contribution < -0.4 is 10.1 Å². The molecule has 3 rings (SSSR count). The van der Waals surface area contributed by atoms with Gasteiger partial charge in [0.15, 0.2) is 0 Å². The number of anilines is 1. The van der Waals surface area contributed by atoms with Crippen LogP contribution in [0.15, 0.2) is 73.2 Å². The predicted molar refractivity (Wildman–Crippen MR) is 91.9 cm³/mol. The van der Waals surface area contributed by atoms with Crippen molar-refractivity contribution in [3.8, 4) is 11.6 Å². The highest BCUT2D eigenvalue weighted by molar-refractivity contribution is 5.90. The largest absolute Gasteiger partial charge is 0.438 e. The van der Waals surface area contributed by atoms with Gasteiger partial charge in [0.1, 0.15) is 5.75 Å². The molecule has 0 unspecified atom stereocenters. The minimum Gasteiger partial charge on any atom is -0.438 e. The molecule has 5 nitrogen and oxygen atoms in total. The van der Waals surface area contributed by atoms with E-state index in [0.717, 1.165) is 17.7 Å². The Kier molecular flexibility index (Phi) is 5.14. The number of rotatable bonds is 6. The zero-order valence-electron chi connectivity index (χ0n) is 13.1. The van der Waals surface area contributed by atoms with E-state index >= 15 is 0 Å². The Balaban J connectivity index is 1.51. The van der Waals surface area contributed by atoms with Crippen molar-refractivity contribution in [3.05, 3.63) is 78.8 Å². The number of hydrogen-bond acceptors (Lipinski definition) is 4. The van der Waals surface area contributed by atoms with E-state index in [-0.39, 0.29) is 5.91 Å². The molecule has 120 valence electrons. The standard InChI is InChI=1S/C19H17N3O2/c23-18(11-6-15-4-2-1-3-5-15)22-16-7-9-17(10-8-16)24-19-14-20-12-13-21-19/h1-5,7-10,12-14H,6,11H2,(H,22,23). The fourth-order valence-electron chi connectivity index (χ4n) is 2.19. The number of nitrogens with one attached hydrogen (secondary N) is 1. The third-order valence-electron chi connectivity index (χ3n) is 3.38. The summed E-state index contributed by atoms with van der Waals surface area (Å²) in [6, 6.07) is 17.1. The summed E-state index contributed by atoms with van der Waals surface area (Å²) >= 11 is 0. The van der Waals surface area contributed by atoms with Crippen molar-refractivity contribution in [3.63, 3.8) is 0 Å². The van der Waals surface area contributed by atoms with Crippen molar-refractivity contribution in [2.24, 2.45) is 0 Å². The summed E-state index contributed by atoms with van der Waals surface area (Å²) in [6.45, 7) is 0. The first-order chi connectivity index (χ1) is 11.8. The van der Waals surface area contributed by atoms with Crippen LogP contribution in [0, 0.1) is 0 Å². The maximum Gasteiger partial charge on any atom is 0.237 e. The third-order valence-corrected chi connectivity index (χ3v) is 3.38. The van der Waals surface area contributed by atoms with Crippen molar-refractivity contribution in [1.29, 1.82) is 0 Å². The normalized spacial score (nSPS) is 10.2. The number of carbonyl (C=O) groups excluding carboxylic acids is 1. The van der Waals surface area contributed by atoms with Gasteiger partial charge in [-0.05, 0) is 36.2 Å². The number of aryl methyl sites for hydroxylation is 1. The molecule has 2 aromatic carbocycles. The van der Waals surface area contributed by atoms with E-state index in [4.69, 9.17) is 4.74 Å². The Morgan fingerprint density at radius 1 is 1.00 bits per heavy atom. The summed E-state index contributed by atoms with van der Waals surface area (Å²) in [5.41, 5.74) is 1.89. The number of carbonyl (C=O) groups is 1. The van der Waals surface area contributed by atoms with Crippen LogP contribution >= 0.6 is 0 Å². The van der Waals surface area contributed by atoms with Crippen molar-refractivity contribution in [1.82, 2.24) is 9.97 Å². The quantitative estimate of drug-likeness (QED) is 0.750. The molecule has 0 bridgehead atoms. The number of benzene rings is 2. The molecule has 0 radical (unpaired) electrons. The lowest BCUT2D eigenvalue weighted by Crippen LogP contribution is -2.12. The first kappa shape index (κ1) is 15.7. The summed E-state index contributed by atoms with van der Waals surface area (Å²) in [5, 5.41) is 2.88. The fraction of sp³-hybridized carbons (Fsp3) is 0.105. The van der Waals surface area contributed by atoms with Gasteiger partial charge >= 0.3 is 0 Å². The number of ether oxygens (including phenoxy) is 1. The van der Waals surface area contributed by atoms with Gasteiger partial charge in [-0.25, -0.2) is 4.98 Å². The molecule has 3 aromatic rings. The van der Waals surface area contributed by atoms with Crippen molar-refractivity contribution >= 4 is 11.6 Å². The monoisotopic (exact) mass is 319 g/mol. The second kappa shape index (κ2) is 7.87. The summed E-state index contributed by atoms with van der Waals surface area (Å²) in [4.78, 5) is 20.0. The molecule has 0 fully saturated rings. The van der Waals surface area contributed by atoms with E-state index < -0.39 is 0 Å². The van der Waals surface area contributed by atoms with Crippen LogP contribution in [0.5, 0.6) is 11.6 Å². The maximum absolute atomic E-state index is 12.0. The zero-order chi connectivity index (χ0) is 16.6. The van der Waals surface area contributed by atoms with Crippen molar-refractivity contribution in [2.75, 3.05) is 5.32 Å². The van der Waals surface area contributed by atoms with Crippen LogP contribution in [-0.2, 0) is 11.2 Å². The fourth-order valence-corrected chi connectivity index (χ4v) is 2.19. The molecular weight excluding hydrogens is 302 g/mol. The molecule has 0 spiro atoms. The average Bonchev–Trinajstić information content (AvgIpc) is 2.63. The number of amides is 1. The minimum atomic E-state index is -0.0125. The topological polar surface area (TPSA) is 64.1 Å². The molecule has 1 aromatic heterocycles. The molecular formula is C19H17N3O2. The van der Waals surface area contributed by atoms with Crippen LogP contribution in [0.25, 0.3) is 0 Å². The predicted octanol–water partition coefficient (Wildman–Crippen LogP) is 3.84.